The first-order chi connectivity index (χ1) is 13.2. The van der Waals surface area contributed by atoms with E-state index in [1.54, 1.807) is 41.2 Å². The van der Waals surface area contributed by atoms with Gasteiger partial charge in [-0.25, -0.2) is 9.59 Å². The first-order valence-corrected chi connectivity index (χ1v) is 9.72. The van der Waals surface area contributed by atoms with Crippen molar-refractivity contribution in [2.24, 2.45) is 0 Å². The van der Waals surface area contributed by atoms with Crippen molar-refractivity contribution < 1.29 is 23.8 Å². The standard InChI is InChI=1S/C20H28N2O5/c1-25-17-10-8-9-16(15-17)18(26-19(23)21-11-4-2-5-12-21)27-20(24)22-13-6-3-7-14-22/h8-10,15,18H,2-7,11-14H2,1H3. The van der Waals surface area contributed by atoms with Gasteiger partial charge in [0.2, 0.25) is 0 Å². The van der Waals surface area contributed by atoms with Crippen molar-refractivity contribution in [1.29, 1.82) is 0 Å². The normalized spacial score (nSPS) is 17.6. The summed E-state index contributed by atoms with van der Waals surface area (Å²) < 4.78 is 16.4. The minimum atomic E-state index is -1.09. The van der Waals surface area contributed by atoms with Crippen molar-refractivity contribution >= 4 is 12.2 Å². The highest BCUT2D eigenvalue weighted by molar-refractivity contribution is 5.70. The first kappa shape index (κ1) is 19.3. The molecular formula is C20H28N2O5. The zero-order valence-corrected chi connectivity index (χ0v) is 15.9. The summed E-state index contributed by atoms with van der Waals surface area (Å²) in [5, 5.41) is 0. The molecule has 0 unspecified atom stereocenters. The van der Waals surface area contributed by atoms with Crippen molar-refractivity contribution in [3.05, 3.63) is 29.8 Å². The number of rotatable bonds is 4. The maximum atomic E-state index is 12.6. The number of piperidine rings is 2. The molecule has 0 atom stereocenters. The van der Waals surface area contributed by atoms with E-state index < -0.39 is 18.5 Å². The van der Waals surface area contributed by atoms with Gasteiger partial charge in [-0.2, -0.15) is 0 Å². The summed E-state index contributed by atoms with van der Waals surface area (Å²) >= 11 is 0. The first-order valence-electron chi connectivity index (χ1n) is 9.72. The second-order valence-electron chi connectivity index (χ2n) is 6.97. The topological polar surface area (TPSA) is 68.3 Å². The van der Waals surface area contributed by atoms with Crippen LogP contribution in [0.25, 0.3) is 0 Å². The molecule has 7 heteroatoms. The molecule has 27 heavy (non-hydrogen) atoms. The van der Waals surface area contributed by atoms with Gasteiger partial charge in [0.15, 0.2) is 0 Å². The van der Waals surface area contributed by atoms with E-state index in [9.17, 15) is 9.59 Å². The van der Waals surface area contributed by atoms with E-state index in [-0.39, 0.29) is 0 Å². The number of nitrogens with zero attached hydrogens (tertiary/aromatic N) is 2. The van der Waals surface area contributed by atoms with Crippen LogP contribution in [0.5, 0.6) is 5.75 Å². The summed E-state index contributed by atoms with van der Waals surface area (Å²) in [4.78, 5) is 28.5. The van der Waals surface area contributed by atoms with E-state index in [1.165, 1.54) is 0 Å². The highest BCUT2D eigenvalue weighted by Gasteiger charge is 2.28. The quantitative estimate of drug-likeness (QED) is 0.745. The molecule has 0 radical (unpaired) electrons. The second kappa shape index (κ2) is 9.48. The number of hydrogen-bond donors (Lipinski definition) is 0. The van der Waals surface area contributed by atoms with Crippen molar-refractivity contribution in [3.63, 3.8) is 0 Å². The van der Waals surface area contributed by atoms with Crippen molar-refractivity contribution in [1.82, 2.24) is 9.80 Å². The molecule has 0 N–H and O–H groups in total. The second-order valence-corrected chi connectivity index (χ2v) is 6.97. The molecule has 1 aromatic rings. The Kier molecular flexibility index (Phi) is 6.79. The van der Waals surface area contributed by atoms with Gasteiger partial charge in [-0.15, -0.1) is 0 Å². The van der Waals surface area contributed by atoms with E-state index >= 15 is 0 Å². The minimum Gasteiger partial charge on any atom is -0.497 e. The Bertz CT molecular complexity index is 607. The molecule has 148 valence electrons. The van der Waals surface area contributed by atoms with Gasteiger partial charge in [0, 0.05) is 31.7 Å². The van der Waals surface area contributed by atoms with Crippen LogP contribution in [0, 0.1) is 0 Å². The van der Waals surface area contributed by atoms with Gasteiger partial charge in [-0.1, -0.05) is 12.1 Å². The maximum absolute atomic E-state index is 12.6. The van der Waals surface area contributed by atoms with Crippen LogP contribution in [0.1, 0.15) is 50.4 Å². The lowest BCUT2D eigenvalue weighted by Gasteiger charge is -2.30. The number of carbonyl (C=O) groups is 2. The van der Waals surface area contributed by atoms with Gasteiger partial charge >= 0.3 is 12.2 Å². The van der Waals surface area contributed by atoms with Crippen LogP contribution >= 0.6 is 0 Å². The van der Waals surface area contributed by atoms with E-state index in [4.69, 9.17) is 14.2 Å². The summed E-state index contributed by atoms with van der Waals surface area (Å²) in [6.07, 6.45) is 4.10. The molecule has 2 saturated heterocycles. The minimum absolute atomic E-state index is 0.450. The monoisotopic (exact) mass is 376 g/mol. The smallest absolute Gasteiger partial charge is 0.413 e. The van der Waals surface area contributed by atoms with Gasteiger partial charge in [-0.05, 0) is 50.7 Å². The molecule has 0 spiro atoms. The molecule has 3 rings (SSSR count). The molecule has 0 aromatic heterocycles. The van der Waals surface area contributed by atoms with Crippen LogP contribution in [0.2, 0.25) is 0 Å². The fourth-order valence-corrected chi connectivity index (χ4v) is 3.43. The Labute approximate surface area is 160 Å². The SMILES string of the molecule is COc1cccc(C(OC(=O)N2CCCCC2)OC(=O)N2CCCCC2)c1. The molecule has 2 amide bonds. The van der Waals surface area contributed by atoms with Crippen molar-refractivity contribution in [2.75, 3.05) is 33.3 Å². The largest absolute Gasteiger partial charge is 0.497 e. The molecule has 7 nitrogen and oxygen atoms in total. The summed E-state index contributed by atoms with van der Waals surface area (Å²) in [6.45, 7) is 2.68. The van der Waals surface area contributed by atoms with E-state index in [0.717, 1.165) is 38.5 Å². The van der Waals surface area contributed by atoms with Gasteiger partial charge < -0.3 is 24.0 Å². The number of amides is 2. The highest BCUT2D eigenvalue weighted by Crippen LogP contribution is 2.26. The van der Waals surface area contributed by atoms with Gasteiger partial charge in [0.1, 0.15) is 5.75 Å². The number of benzene rings is 1. The summed E-state index contributed by atoms with van der Waals surface area (Å²) in [5.74, 6) is 0.612. The Hall–Kier alpha value is -2.44. The fourth-order valence-electron chi connectivity index (χ4n) is 3.43. The number of hydrogen-bond acceptors (Lipinski definition) is 5. The van der Waals surface area contributed by atoms with Gasteiger partial charge in [0.05, 0.1) is 7.11 Å². The number of likely N-dealkylation sites (tertiary alicyclic amines) is 2. The van der Waals surface area contributed by atoms with E-state index in [1.807, 2.05) is 0 Å². The number of carbonyl (C=O) groups excluding carboxylic acids is 2. The van der Waals surface area contributed by atoms with Crippen molar-refractivity contribution in [3.8, 4) is 5.75 Å². The Morgan fingerprint density at radius 3 is 1.85 bits per heavy atom. The van der Waals surface area contributed by atoms with Gasteiger partial charge in [-0.3, -0.25) is 0 Å². The molecule has 2 aliphatic heterocycles. The Balaban J connectivity index is 1.72. The van der Waals surface area contributed by atoms with E-state index in [0.29, 0.717) is 37.5 Å². The Morgan fingerprint density at radius 1 is 0.852 bits per heavy atom. The lowest BCUT2D eigenvalue weighted by atomic mass is 10.1. The molecule has 0 aliphatic carbocycles. The van der Waals surface area contributed by atoms with Gasteiger partial charge in [0.25, 0.3) is 6.29 Å². The van der Waals surface area contributed by atoms with Crippen LogP contribution in [0.15, 0.2) is 24.3 Å². The van der Waals surface area contributed by atoms with Crippen molar-refractivity contribution in [2.45, 2.75) is 44.8 Å². The molecule has 0 bridgehead atoms. The summed E-state index contributed by atoms with van der Waals surface area (Å²) in [5.41, 5.74) is 0.574. The maximum Gasteiger partial charge on any atom is 0.413 e. The average molecular weight is 376 g/mol. The van der Waals surface area contributed by atoms with Crippen LogP contribution in [-0.2, 0) is 9.47 Å². The van der Waals surface area contributed by atoms with E-state index in [2.05, 4.69) is 0 Å². The predicted octanol–water partition coefficient (Wildman–Crippen LogP) is 3.94. The third kappa shape index (κ3) is 5.28. The molecule has 1 aromatic carbocycles. The number of methoxy groups -OCH3 is 1. The molecule has 2 heterocycles. The summed E-state index contributed by atoms with van der Waals surface area (Å²) in [6, 6.07) is 7.06. The highest BCUT2D eigenvalue weighted by atomic mass is 16.7. The third-order valence-electron chi connectivity index (χ3n) is 5.01. The molecular weight excluding hydrogens is 348 g/mol. The zero-order valence-electron chi connectivity index (χ0n) is 15.9. The predicted molar refractivity (Wildman–Crippen MR) is 99.5 cm³/mol. The summed E-state index contributed by atoms with van der Waals surface area (Å²) in [7, 11) is 1.56. The van der Waals surface area contributed by atoms with Crippen LogP contribution in [-0.4, -0.2) is 55.3 Å². The third-order valence-corrected chi connectivity index (χ3v) is 5.01. The number of ether oxygens (including phenoxy) is 3. The van der Waals surface area contributed by atoms with Crippen LogP contribution < -0.4 is 4.74 Å². The molecule has 0 saturated carbocycles. The zero-order chi connectivity index (χ0) is 19.1. The molecule has 2 fully saturated rings. The van der Waals surface area contributed by atoms with Crippen LogP contribution in [0.4, 0.5) is 9.59 Å². The lowest BCUT2D eigenvalue weighted by Crippen LogP contribution is -2.39. The van der Waals surface area contributed by atoms with Crippen LogP contribution in [0.3, 0.4) is 0 Å². The molecule has 2 aliphatic rings. The fraction of sp³-hybridized carbons (Fsp3) is 0.600. The average Bonchev–Trinajstić information content (AvgIpc) is 2.74. The lowest BCUT2D eigenvalue weighted by molar-refractivity contribution is -0.0857. The Morgan fingerprint density at radius 2 is 1.37 bits per heavy atom.